The van der Waals surface area contributed by atoms with Crippen LogP contribution < -0.4 is 5.32 Å². The molecule has 2 aromatic carbocycles. The van der Waals surface area contributed by atoms with Crippen molar-refractivity contribution < 1.29 is 0 Å². The average molecular weight is 382 g/mol. The van der Waals surface area contributed by atoms with Crippen molar-refractivity contribution in [2.45, 2.75) is 20.4 Å². The summed E-state index contributed by atoms with van der Waals surface area (Å²) in [5.41, 5.74) is 6.40. The molecule has 120 valence electrons. The van der Waals surface area contributed by atoms with Crippen LogP contribution in [-0.2, 0) is 6.54 Å². The van der Waals surface area contributed by atoms with Crippen LogP contribution in [0.2, 0.25) is 0 Å². The van der Waals surface area contributed by atoms with Crippen molar-refractivity contribution in [2.75, 3.05) is 5.32 Å². The number of nitrogens with one attached hydrogen (secondary N) is 1. The quantitative estimate of drug-likeness (QED) is 0.575. The molecule has 0 unspecified atom stereocenters. The Hall–Kier alpha value is -2.47. The molecule has 1 N–H and O–H groups in total. The van der Waals surface area contributed by atoms with Gasteiger partial charge in [-0.05, 0) is 48.7 Å². The Morgan fingerprint density at radius 3 is 2.79 bits per heavy atom. The third-order valence-corrected chi connectivity index (χ3v) is 4.71. The zero-order valence-corrected chi connectivity index (χ0v) is 15.0. The molecular formula is C18H16BrN5. The highest BCUT2D eigenvalue weighted by molar-refractivity contribution is 9.10. The van der Waals surface area contributed by atoms with Crippen molar-refractivity contribution in [3.05, 3.63) is 63.9 Å². The SMILES string of the molecule is Cc1ccc(CNc2nc3ccc(Br)cc3n3cnnc23)cc1C. The van der Waals surface area contributed by atoms with Gasteiger partial charge in [0.05, 0.1) is 11.0 Å². The molecule has 2 heterocycles. The monoisotopic (exact) mass is 381 g/mol. The average Bonchev–Trinajstić information content (AvgIpc) is 3.06. The molecule has 0 bridgehead atoms. The molecule has 24 heavy (non-hydrogen) atoms. The highest BCUT2D eigenvalue weighted by Crippen LogP contribution is 2.23. The zero-order valence-electron chi connectivity index (χ0n) is 13.4. The summed E-state index contributed by atoms with van der Waals surface area (Å²) in [6, 6.07) is 12.5. The fraction of sp³-hybridized carbons (Fsp3) is 0.167. The number of anilines is 1. The van der Waals surface area contributed by atoms with Crippen molar-refractivity contribution in [1.82, 2.24) is 19.6 Å². The van der Waals surface area contributed by atoms with Gasteiger partial charge in [0.1, 0.15) is 6.33 Å². The predicted molar refractivity (Wildman–Crippen MR) is 99.2 cm³/mol. The van der Waals surface area contributed by atoms with Crippen LogP contribution in [0.25, 0.3) is 16.7 Å². The predicted octanol–water partition coefficient (Wildman–Crippen LogP) is 4.27. The van der Waals surface area contributed by atoms with Gasteiger partial charge in [0.15, 0.2) is 5.82 Å². The van der Waals surface area contributed by atoms with Gasteiger partial charge in [0.25, 0.3) is 0 Å². The molecule has 0 radical (unpaired) electrons. The lowest BCUT2D eigenvalue weighted by molar-refractivity contribution is 1.09. The molecule has 6 heteroatoms. The van der Waals surface area contributed by atoms with E-state index in [1.165, 1.54) is 16.7 Å². The van der Waals surface area contributed by atoms with Gasteiger partial charge in [0, 0.05) is 11.0 Å². The molecule has 0 saturated carbocycles. The van der Waals surface area contributed by atoms with Crippen LogP contribution in [0, 0.1) is 13.8 Å². The summed E-state index contributed by atoms with van der Waals surface area (Å²) < 4.78 is 2.96. The molecule has 0 aliphatic rings. The van der Waals surface area contributed by atoms with Crippen LogP contribution in [0.1, 0.15) is 16.7 Å². The molecule has 4 aromatic rings. The highest BCUT2D eigenvalue weighted by atomic mass is 79.9. The third-order valence-electron chi connectivity index (χ3n) is 4.22. The summed E-state index contributed by atoms with van der Waals surface area (Å²) in [7, 11) is 0. The molecule has 0 fully saturated rings. The second-order valence-electron chi connectivity index (χ2n) is 5.89. The molecular weight excluding hydrogens is 366 g/mol. The van der Waals surface area contributed by atoms with Crippen LogP contribution in [0.3, 0.4) is 0 Å². The summed E-state index contributed by atoms with van der Waals surface area (Å²) in [5, 5.41) is 11.7. The molecule has 0 atom stereocenters. The first-order valence-electron chi connectivity index (χ1n) is 7.71. The van der Waals surface area contributed by atoms with E-state index in [1.54, 1.807) is 6.33 Å². The van der Waals surface area contributed by atoms with E-state index in [4.69, 9.17) is 4.98 Å². The number of fused-ring (bicyclic) bond motifs is 3. The van der Waals surface area contributed by atoms with E-state index < -0.39 is 0 Å². The van der Waals surface area contributed by atoms with Crippen molar-refractivity contribution in [3.8, 4) is 0 Å². The number of aromatic nitrogens is 4. The lowest BCUT2D eigenvalue weighted by Gasteiger charge is -2.10. The Morgan fingerprint density at radius 1 is 1.08 bits per heavy atom. The minimum Gasteiger partial charge on any atom is -0.363 e. The van der Waals surface area contributed by atoms with Crippen LogP contribution in [-0.4, -0.2) is 19.6 Å². The van der Waals surface area contributed by atoms with Gasteiger partial charge >= 0.3 is 0 Å². The minimum absolute atomic E-state index is 0.693. The Balaban J connectivity index is 1.74. The highest BCUT2D eigenvalue weighted by Gasteiger charge is 2.10. The lowest BCUT2D eigenvalue weighted by atomic mass is 10.1. The van der Waals surface area contributed by atoms with Crippen molar-refractivity contribution in [2.24, 2.45) is 0 Å². The van der Waals surface area contributed by atoms with Crippen molar-refractivity contribution in [3.63, 3.8) is 0 Å². The molecule has 2 aromatic heterocycles. The summed E-state index contributed by atoms with van der Waals surface area (Å²) in [6.45, 7) is 4.94. The molecule has 0 amide bonds. The van der Waals surface area contributed by atoms with Gasteiger partial charge in [0.2, 0.25) is 5.65 Å². The molecule has 0 aliphatic heterocycles. The topological polar surface area (TPSA) is 55.1 Å². The second kappa shape index (κ2) is 5.87. The van der Waals surface area contributed by atoms with Crippen LogP contribution in [0.15, 0.2) is 47.2 Å². The number of rotatable bonds is 3. The van der Waals surface area contributed by atoms with Gasteiger partial charge in [-0.25, -0.2) is 4.98 Å². The van der Waals surface area contributed by atoms with E-state index in [1.807, 2.05) is 22.6 Å². The smallest absolute Gasteiger partial charge is 0.203 e. The van der Waals surface area contributed by atoms with Crippen LogP contribution in [0.5, 0.6) is 0 Å². The van der Waals surface area contributed by atoms with E-state index in [9.17, 15) is 0 Å². The number of aryl methyl sites for hydroxylation is 2. The first-order valence-corrected chi connectivity index (χ1v) is 8.50. The first-order chi connectivity index (χ1) is 11.6. The third kappa shape index (κ3) is 2.63. The van der Waals surface area contributed by atoms with Crippen molar-refractivity contribution in [1.29, 1.82) is 0 Å². The normalized spacial score (nSPS) is 11.3. The molecule has 4 rings (SSSR count). The number of benzene rings is 2. The zero-order chi connectivity index (χ0) is 16.7. The first kappa shape index (κ1) is 15.1. The molecule has 0 spiro atoms. The summed E-state index contributed by atoms with van der Waals surface area (Å²) in [5.74, 6) is 0.737. The minimum atomic E-state index is 0.693. The molecule has 0 saturated heterocycles. The Morgan fingerprint density at radius 2 is 1.96 bits per heavy atom. The number of hydrogen-bond donors (Lipinski definition) is 1. The maximum atomic E-state index is 4.72. The number of halogens is 1. The molecule has 5 nitrogen and oxygen atoms in total. The van der Waals surface area contributed by atoms with Gasteiger partial charge in [-0.15, -0.1) is 10.2 Å². The van der Waals surface area contributed by atoms with E-state index in [0.29, 0.717) is 6.54 Å². The number of hydrogen-bond acceptors (Lipinski definition) is 4. The molecule has 0 aliphatic carbocycles. The van der Waals surface area contributed by atoms with Gasteiger partial charge < -0.3 is 5.32 Å². The van der Waals surface area contributed by atoms with Gasteiger partial charge in [-0.3, -0.25) is 4.40 Å². The largest absolute Gasteiger partial charge is 0.363 e. The summed E-state index contributed by atoms with van der Waals surface area (Å²) in [4.78, 5) is 4.72. The number of nitrogens with zero attached hydrogens (tertiary/aromatic N) is 4. The Labute approximate surface area is 147 Å². The van der Waals surface area contributed by atoms with E-state index in [2.05, 4.69) is 63.5 Å². The standard InChI is InChI=1S/C18H16BrN5/c1-11-3-4-13(7-12(11)2)9-20-17-18-23-21-10-24(18)16-8-14(19)5-6-15(16)22-17/h3-8,10H,9H2,1-2H3,(H,20,22). The maximum absolute atomic E-state index is 4.72. The lowest BCUT2D eigenvalue weighted by Crippen LogP contribution is -2.05. The van der Waals surface area contributed by atoms with E-state index >= 15 is 0 Å². The Bertz CT molecular complexity index is 1050. The van der Waals surface area contributed by atoms with E-state index in [-0.39, 0.29) is 0 Å². The summed E-state index contributed by atoms with van der Waals surface area (Å²) >= 11 is 3.50. The van der Waals surface area contributed by atoms with Gasteiger partial charge in [-0.2, -0.15) is 0 Å². The maximum Gasteiger partial charge on any atom is 0.203 e. The van der Waals surface area contributed by atoms with Crippen LogP contribution in [0.4, 0.5) is 5.82 Å². The van der Waals surface area contributed by atoms with Crippen molar-refractivity contribution >= 4 is 38.4 Å². The van der Waals surface area contributed by atoms with Crippen LogP contribution >= 0.6 is 15.9 Å². The van der Waals surface area contributed by atoms with E-state index in [0.717, 1.165) is 27.0 Å². The summed E-state index contributed by atoms with van der Waals surface area (Å²) in [6.07, 6.45) is 1.72. The Kier molecular flexibility index (Phi) is 3.69. The second-order valence-corrected chi connectivity index (χ2v) is 6.81. The van der Waals surface area contributed by atoms with Gasteiger partial charge in [-0.1, -0.05) is 34.1 Å². The fourth-order valence-corrected chi connectivity index (χ4v) is 3.09. The fourth-order valence-electron chi connectivity index (χ4n) is 2.75.